The van der Waals surface area contributed by atoms with Crippen LogP contribution in [0.1, 0.15) is 6.42 Å². The summed E-state index contributed by atoms with van der Waals surface area (Å²) in [7, 11) is 0. The van der Waals surface area contributed by atoms with E-state index in [1.54, 1.807) is 0 Å². The molecule has 0 bridgehead atoms. The molecule has 0 aromatic heterocycles. The fourth-order valence-electron chi connectivity index (χ4n) is 0.0707. The van der Waals surface area contributed by atoms with E-state index >= 15 is 0 Å². The Morgan fingerprint density at radius 2 is 1.14 bits per heavy atom. The number of rotatable bonds is 2. The number of hydrogen-bond donors (Lipinski definition) is 2. The number of hydrogen-bond acceptors (Lipinski definition) is 2. The molecule has 7 heavy (non-hydrogen) atoms. The third kappa shape index (κ3) is 18.1. The van der Waals surface area contributed by atoms with Gasteiger partial charge in [0.25, 0.3) is 0 Å². The minimum atomic E-state index is 0. The Morgan fingerprint density at radius 3 is 1.14 bits per heavy atom. The molecule has 0 saturated heterocycles. The molecule has 0 aliphatic carbocycles. The van der Waals surface area contributed by atoms with Crippen molar-refractivity contribution in [1.29, 1.82) is 0 Å². The van der Waals surface area contributed by atoms with Gasteiger partial charge in [0.1, 0.15) is 0 Å². The van der Waals surface area contributed by atoms with Gasteiger partial charge in [0.05, 0.1) is 0 Å². The third-order valence-electron chi connectivity index (χ3n) is 0.316. The monoisotopic (exact) mass is 124 g/mol. The molecule has 0 spiro atoms. The van der Waals surface area contributed by atoms with E-state index in [2.05, 4.69) is 25.3 Å². The van der Waals surface area contributed by atoms with Gasteiger partial charge < -0.3 is 0 Å². The zero-order chi connectivity index (χ0) is 4.12. The standard InChI is InChI=1S/C3H8S2.2Li.2H/c4-2-1-3-5;;;;/h4-5H,1-3H2;;;;. The summed E-state index contributed by atoms with van der Waals surface area (Å²) in [5, 5.41) is 0. The maximum absolute atomic E-state index is 3.95. The van der Waals surface area contributed by atoms with Gasteiger partial charge in [-0.25, -0.2) is 0 Å². The van der Waals surface area contributed by atoms with Crippen molar-refractivity contribution < 1.29 is 0 Å². The molecular weight excluding hydrogens is 114 g/mol. The molecule has 0 unspecified atom stereocenters. The van der Waals surface area contributed by atoms with E-state index in [1.807, 2.05) is 0 Å². The average molecular weight is 124 g/mol. The molecule has 0 heterocycles. The quantitative estimate of drug-likeness (QED) is 0.374. The van der Waals surface area contributed by atoms with Gasteiger partial charge >= 0.3 is 37.7 Å². The molecule has 0 aliphatic rings. The predicted octanol–water partition coefficient (Wildman–Crippen LogP) is -0.0609. The first-order chi connectivity index (χ1) is 2.41. The first-order valence-corrected chi connectivity index (χ1v) is 2.90. The summed E-state index contributed by atoms with van der Waals surface area (Å²) in [6.07, 6.45) is 1.12. The van der Waals surface area contributed by atoms with Gasteiger partial charge in [-0.1, -0.05) is 0 Å². The van der Waals surface area contributed by atoms with Gasteiger partial charge in [-0.2, -0.15) is 25.3 Å². The van der Waals surface area contributed by atoms with Crippen molar-refractivity contribution in [1.82, 2.24) is 0 Å². The zero-order valence-electron chi connectivity index (χ0n) is 3.02. The van der Waals surface area contributed by atoms with Crippen LogP contribution in [0.4, 0.5) is 0 Å². The van der Waals surface area contributed by atoms with E-state index < -0.39 is 0 Å². The van der Waals surface area contributed by atoms with Crippen LogP contribution in [-0.2, 0) is 0 Å². The molecule has 0 aliphatic heterocycles. The Kier molecular flexibility index (Phi) is 35.7. The Labute approximate surface area is 80.4 Å². The molecule has 0 nitrogen and oxygen atoms in total. The molecule has 0 aromatic carbocycles. The second kappa shape index (κ2) is 15.7. The molecule has 36 valence electrons. The summed E-state index contributed by atoms with van der Waals surface area (Å²) in [5.74, 6) is 1.92. The average Bonchev–Trinajstić information content (AvgIpc) is 1.41. The summed E-state index contributed by atoms with van der Waals surface area (Å²) in [6.45, 7) is 0. The van der Waals surface area contributed by atoms with E-state index in [4.69, 9.17) is 0 Å². The van der Waals surface area contributed by atoms with Crippen LogP contribution in [0, 0.1) is 0 Å². The summed E-state index contributed by atoms with van der Waals surface area (Å²) in [5.41, 5.74) is 0. The van der Waals surface area contributed by atoms with Gasteiger partial charge in [-0.15, -0.1) is 0 Å². The summed E-state index contributed by atoms with van der Waals surface area (Å²) in [4.78, 5) is 0. The molecule has 4 heteroatoms. The maximum atomic E-state index is 3.95. The van der Waals surface area contributed by atoms with E-state index in [9.17, 15) is 0 Å². The fourth-order valence-corrected chi connectivity index (χ4v) is 0.636. The van der Waals surface area contributed by atoms with Crippen molar-refractivity contribution in [2.24, 2.45) is 0 Å². The van der Waals surface area contributed by atoms with Crippen molar-refractivity contribution >= 4 is 63.0 Å². The second-order valence-electron chi connectivity index (χ2n) is 0.801. The Bertz CT molecular complexity index is 18.4. The van der Waals surface area contributed by atoms with Gasteiger partial charge in [0.15, 0.2) is 0 Å². The third-order valence-corrected chi connectivity index (χ3v) is 0.949. The second-order valence-corrected chi connectivity index (χ2v) is 1.70. The molecule has 0 atom stereocenters. The van der Waals surface area contributed by atoms with Crippen LogP contribution in [0.15, 0.2) is 0 Å². The fraction of sp³-hybridized carbons (Fsp3) is 1.00. The van der Waals surface area contributed by atoms with Gasteiger partial charge in [0.2, 0.25) is 0 Å². The predicted molar refractivity (Wildman–Crippen MR) is 46.6 cm³/mol. The van der Waals surface area contributed by atoms with Crippen LogP contribution in [0.2, 0.25) is 0 Å². The normalized spacial score (nSPS) is 6.00. The SMILES string of the molecule is SCCCS.[LiH].[LiH]. The molecule has 0 N–H and O–H groups in total. The van der Waals surface area contributed by atoms with E-state index in [-0.39, 0.29) is 37.7 Å². The number of thiol groups is 2. The molecular formula is C3H10Li2S2. The van der Waals surface area contributed by atoms with E-state index in [0.717, 1.165) is 17.9 Å². The van der Waals surface area contributed by atoms with Crippen LogP contribution in [0.5, 0.6) is 0 Å². The summed E-state index contributed by atoms with van der Waals surface area (Å²) in [6, 6.07) is 0. The first-order valence-electron chi connectivity index (χ1n) is 1.63. The molecule has 0 saturated carbocycles. The van der Waals surface area contributed by atoms with Crippen LogP contribution in [0.3, 0.4) is 0 Å². The minimum absolute atomic E-state index is 0. The van der Waals surface area contributed by atoms with Crippen molar-refractivity contribution in [3.05, 3.63) is 0 Å². The molecule has 0 radical (unpaired) electrons. The van der Waals surface area contributed by atoms with Crippen LogP contribution in [-0.4, -0.2) is 49.2 Å². The van der Waals surface area contributed by atoms with Gasteiger partial charge in [0, 0.05) is 0 Å². The summed E-state index contributed by atoms with van der Waals surface area (Å²) < 4.78 is 0. The molecule has 0 aromatic rings. The topological polar surface area (TPSA) is 0 Å². The molecule has 0 amide bonds. The van der Waals surface area contributed by atoms with Gasteiger partial charge in [-0.3, -0.25) is 0 Å². The van der Waals surface area contributed by atoms with Crippen molar-refractivity contribution in [2.75, 3.05) is 11.5 Å². The Balaban J connectivity index is -0.0000000800. The van der Waals surface area contributed by atoms with Crippen LogP contribution >= 0.6 is 25.3 Å². The molecule has 0 rings (SSSR count). The first kappa shape index (κ1) is 16.0. The van der Waals surface area contributed by atoms with Crippen molar-refractivity contribution in [3.63, 3.8) is 0 Å². The van der Waals surface area contributed by atoms with Crippen molar-refractivity contribution in [3.8, 4) is 0 Å². The van der Waals surface area contributed by atoms with Crippen molar-refractivity contribution in [2.45, 2.75) is 6.42 Å². The van der Waals surface area contributed by atoms with Crippen LogP contribution < -0.4 is 0 Å². The Hall–Kier alpha value is 1.89. The zero-order valence-corrected chi connectivity index (χ0v) is 4.80. The van der Waals surface area contributed by atoms with E-state index in [0.29, 0.717) is 0 Å². The summed E-state index contributed by atoms with van der Waals surface area (Å²) >= 11 is 7.90. The Morgan fingerprint density at radius 1 is 0.857 bits per heavy atom. The van der Waals surface area contributed by atoms with Gasteiger partial charge in [-0.05, 0) is 17.9 Å². The van der Waals surface area contributed by atoms with E-state index in [1.165, 1.54) is 0 Å². The van der Waals surface area contributed by atoms with Crippen LogP contribution in [0.25, 0.3) is 0 Å². The molecule has 0 fully saturated rings.